The van der Waals surface area contributed by atoms with E-state index >= 15 is 0 Å². The number of alkyl halides is 3. The van der Waals surface area contributed by atoms with Crippen molar-refractivity contribution in [3.8, 4) is 16.3 Å². The highest BCUT2D eigenvalue weighted by Gasteiger charge is 2.30. The van der Waals surface area contributed by atoms with E-state index in [2.05, 4.69) is 19.1 Å². The Morgan fingerprint density at radius 1 is 1.05 bits per heavy atom. The summed E-state index contributed by atoms with van der Waals surface area (Å²) in [5.41, 5.74) is 2.92. The summed E-state index contributed by atoms with van der Waals surface area (Å²) in [6.45, 7) is 3.52. The van der Waals surface area contributed by atoms with Crippen LogP contribution in [0.2, 0.25) is 0 Å². The zero-order chi connectivity index (χ0) is 27.3. The van der Waals surface area contributed by atoms with Gasteiger partial charge in [0.05, 0.1) is 16.5 Å². The van der Waals surface area contributed by atoms with Gasteiger partial charge in [0.1, 0.15) is 10.8 Å². The highest BCUT2D eigenvalue weighted by Crippen LogP contribution is 2.41. The van der Waals surface area contributed by atoms with Crippen LogP contribution in [-0.2, 0) is 23.8 Å². The summed E-state index contributed by atoms with van der Waals surface area (Å²) in [5, 5.41) is 9.53. The summed E-state index contributed by atoms with van der Waals surface area (Å²) >= 11 is 3.14. The molecule has 0 bridgehead atoms. The Bertz CT molecular complexity index is 1390. The van der Waals surface area contributed by atoms with Crippen molar-refractivity contribution in [3.63, 3.8) is 0 Å². The maximum atomic E-state index is 13.0. The fraction of sp³-hybridized carbons (Fsp3) is 0.241. The van der Waals surface area contributed by atoms with Crippen molar-refractivity contribution >= 4 is 29.1 Å². The third-order valence-corrected chi connectivity index (χ3v) is 8.15. The number of hydrogen-bond donors (Lipinski definition) is 1. The summed E-state index contributed by atoms with van der Waals surface area (Å²) in [6, 6.07) is 20.9. The topological polar surface area (TPSA) is 59.4 Å². The van der Waals surface area contributed by atoms with Gasteiger partial charge in [0.15, 0.2) is 6.61 Å². The maximum absolute atomic E-state index is 13.0. The van der Waals surface area contributed by atoms with Gasteiger partial charge >= 0.3 is 12.1 Å². The standard InChI is InChI=1S/C29H26F3NO3S2/c1-18-16-23(13-14-24(18)36-17-26(34)35)37-19(2)27-25(15-8-20-6-4-3-5-7-20)38-28(33-27)21-9-11-22(12-10-21)29(30,31)32/h3-7,9-14,16,19H,8,15,17H2,1-2H3,(H,34,35). The zero-order valence-corrected chi connectivity index (χ0v) is 22.4. The number of halogens is 3. The molecular formula is C29H26F3NO3S2. The summed E-state index contributed by atoms with van der Waals surface area (Å²) in [6.07, 6.45) is -2.79. The fourth-order valence-corrected chi connectivity index (χ4v) is 6.29. The molecule has 0 saturated carbocycles. The Kier molecular flexibility index (Phi) is 8.79. The normalized spacial score (nSPS) is 12.3. The lowest BCUT2D eigenvalue weighted by Crippen LogP contribution is -2.10. The molecule has 0 amide bonds. The lowest BCUT2D eigenvalue weighted by molar-refractivity contribution is -0.139. The van der Waals surface area contributed by atoms with E-state index in [0.717, 1.165) is 46.0 Å². The average molecular weight is 558 g/mol. The van der Waals surface area contributed by atoms with Crippen LogP contribution in [0.15, 0.2) is 77.7 Å². The molecule has 1 atom stereocenters. The number of thioether (sulfide) groups is 1. The van der Waals surface area contributed by atoms with Gasteiger partial charge < -0.3 is 9.84 Å². The van der Waals surface area contributed by atoms with Crippen molar-refractivity contribution in [1.82, 2.24) is 4.98 Å². The Balaban J connectivity index is 1.58. The molecule has 4 nitrogen and oxygen atoms in total. The molecule has 0 saturated heterocycles. The van der Waals surface area contributed by atoms with Gasteiger partial charge in [-0.15, -0.1) is 23.1 Å². The van der Waals surface area contributed by atoms with Crippen molar-refractivity contribution in [2.24, 2.45) is 0 Å². The number of thiazole rings is 1. The second-order valence-electron chi connectivity index (χ2n) is 8.76. The summed E-state index contributed by atoms with van der Waals surface area (Å²) < 4.78 is 44.5. The molecule has 1 heterocycles. The fourth-order valence-electron chi connectivity index (χ4n) is 3.94. The Hall–Kier alpha value is -3.30. The van der Waals surface area contributed by atoms with Crippen LogP contribution in [0.25, 0.3) is 10.6 Å². The van der Waals surface area contributed by atoms with Gasteiger partial charge in [0.2, 0.25) is 0 Å². The van der Waals surface area contributed by atoms with E-state index in [9.17, 15) is 18.0 Å². The summed E-state index contributed by atoms with van der Waals surface area (Å²) in [4.78, 5) is 17.8. The van der Waals surface area contributed by atoms with Crippen LogP contribution < -0.4 is 4.74 Å². The minimum Gasteiger partial charge on any atom is -0.482 e. The van der Waals surface area contributed by atoms with Gasteiger partial charge in [-0.25, -0.2) is 9.78 Å². The number of rotatable bonds is 10. The lowest BCUT2D eigenvalue weighted by atomic mass is 10.1. The number of aromatic nitrogens is 1. The molecule has 0 aliphatic heterocycles. The lowest BCUT2D eigenvalue weighted by Gasteiger charge is -2.13. The van der Waals surface area contributed by atoms with Crippen LogP contribution >= 0.6 is 23.1 Å². The predicted molar refractivity (Wildman–Crippen MR) is 145 cm³/mol. The Morgan fingerprint density at radius 2 is 1.76 bits per heavy atom. The third kappa shape index (κ3) is 7.17. The van der Waals surface area contributed by atoms with Crippen molar-refractivity contribution in [3.05, 3.63) is 100 Å². The van der Waals surface area contributed by atoms with Gasteiger partial charge in [-0.3, -0.25) is 0 Å². The molecular weight excluding hydrogens is 531 g/mol. The molecule has 0 aliphatic carbocycles. The largest absolute Gasteiger partial charge is 0.482 e. The SMILES string of the molecule is Cc1cc(SC(C)c2nc(-c3ccc(C(F)(F)F)cc3)sc2CCc2ccccc2)ccc1OCC(=O)O. The van der Waals surface area contributed by atoms with Gasteiger partial charge in [-0.2, -0.15) is 13.2 Å². The number of carboxylic acids is 1. The maximum Gasteiger partial charge on any atom is 0.416 e. The van der Waals surface area contributed by atoms with Crippen LogP contribution in [0.5, 0.6) is 5.75 Å². The van der Waals surface area contributed by atoms with E-state index < -0.39 is 24.3 Å². The highest BCUT2D eigenvalue weighted by molar-refractivity contribution is 7.99. The predicted octanol–water partition coefficient (Wildman–Crippen LogP) is 8.24. The molecule has 1 aromatic heterocycles. The van der Waals surface area contributed by atoms with E-state index in [4.69, 9.17) is 14.8 Å². The summed E-state index contributed by atoms with van der Waals surface area (Å²) in [5.74, 6) is -0.516. The first-order valence-electron chi connectivity index (χ1n) is 11.9. The van der Waals surface area contributed by atoms with Crippen molar-refractivity contribution in [2.75, 3.05) is 6.61 Å². The van der Waals surface area contributed by atoms with Crippen molar-refractivity contribution in [2.45, 2.75) is 43.0 Å². The zero-order valence-electron chi connectivity index (χ0n) is 20.8. The number of carbonyl (C=O) groups is 1. The number of carboxylic acid groups (broad SMARTS) is 1. The number of aryl methyl sites for hydroxylation is 3. The van der Waals surface area contributed by atoms with Crippen molar-refractivity contribution in [1.29, 1.82) is 0 Å². The molecule has 9 heteroatoms. The van der Waals surface area contributed by atoms with E-state index in [-0.39, 0.29) is 5.25 Å². The second-order valence-corrected chi connectivity index (χ2v) is 11.3. The minimum atomic E-state index is -4.38. The quantitative estimate of drug-likeness (QED) is 0.199. The number of nitrogens with zero attached hydrogens (tertiary/aromatic N) is 1. The van der Waals surface area contributed by atoms with Crippen LogP contribution in [-0.4, -0.2) is 22.7 Å². The molecule has 0 fully saturated rings. The first kappa shape index (κ1) is 27.7. The first-order valence-corrected chi connectivity index (χ1v) is 13.6. The summed E-state index contributed by atoms with van der Waals surface area (Å²) in [7, 11) is 0. The van der Waals surface area contributed by atoms with E-state index in [1.807, 2.05) is 37.3 Å². The number of benzene rings is 3. The molecule has 0 spiro atoms. The molecule has 4 rings (SSSR count). The van der Waals surface area contributed by atoms with Gasteiger partial charge in [-0.05, 0) is 68.1 Å². The molecule has 1 unspecified atom stereocenters. The molecule has 1 N–H and O–H groups in total. The second kappa shape index (κ2) is 12.0. The average Bonchev–Trinajstić information content (AvgIpc) is 3.31. The van der Waals surface area contributed by atoms with Crippen molar-refractivity contribution < 1.29 is 27.8 Å². The smallest absolute Gasteiger partial charge is 0.416 e. The van der Waals surface area contributed by atoms with Crippen LogP contribution in [0.1, 0.15) is 39.4 Å². The van der Waals surface area contributed by atoms with Crippen LogP contribution in [0.4, 0.5) is 13.2 Å². The highest BCUT2D eigenvalue weighted by atomic mass is 32.2. The van der Waals surface area contributed by atoms with E-state index in [1.165, 1.54) is 29.0 Å². The van der Waals surface area contributed by atoms with Gasteiger partial charge in [0.25, 0.3) is 0 Å². The molecule has 0 radical (unpaired) electrons. The number of hydrogen-bond acceptors (Lipinski definition) is 5. The van der Waals surface area contributed by atoms with Gasteiger partial charge in [-0.1, -0.05) is 42.5 Å². The van der Waals surface area contributed by atoms with Crippen LogP contribution in [0.3, 0.4) is 0 Å². The number of aliphatic carboxylic acids is 1. The molecule has 198 valence electrons. The Morgan fingerprint density at radius 3 is 2.39 bits per heavy atom. The van der Waals surface area contributed by atoms with Crippen LogP contribution in [0, 0.1) is 6.92 Å². The van der Waals surface area contributed by atoms with Gasteiger partial charge in [0, 0.05) is 15.3 Å². The molecule has 3 aromatic carbocycles. The Labute approximate surface area is 227 Å². The molecule has 0 aliphatic rings. The number of ether oxygens (including phenoxy) is 1. The molecule has 38 heavy (non-hydrogen) atoms. The minimum absolute atomic E-state index is 0.0228. The van der Waals surface area contributed by atoms with E-state index in [1.54, 1.807) is 17.8 Å². The third-order valence-electron chi connectivity index (χ3n) is 5.87. The van der Waals surface area contributed by atoms with E-state index in [0.29, 0.717) is 16.3 Å². The first-order chi connectivity index (χ1) is 18.1. The monoisotopic (exact) mass is 557 g/mol. The molecule has 4 aromatic rings.